The maximum Gasteiger partial charge on any atom is 0.412 e. The molecule has 1 unspecified atom stereocenters. The van der Waals surface area contributed by atoms with E-state index in [-0.39, 0.29) is 0 Å². The quantitative estimate of drug-likeness (QED) is 0.282. The van der Waals surface area contributed by atoms with E-state index in [1.165, 1.54) is 7.11 Å². The number of nitrogens with one attached hydrogen (secondary N) is 2. The minimum atomic E-state index is -0.834. The van der Waals surface area contributed by atoms with Gasteiger partial charge in [0, 0.05) is 24.6 Å². The van der Waals surface area contributed by atoms with E-state index in [0.717, 1.165) is 16.7 Å². The molecule has 4 rings (SSSR count). The molecule has 0 aliphatic carbocycles. The lowest BCUT2D eigenvalue weighted by atomic mass is 10.0. The van der Waals surface area contributed by atoms with E-state index in [9.17, 15) is 14.4 Å². The number of carbonyl (C=O) groups is 3. The van der Waals surface area contributed by atoms with Crippen LogP contribution >= 0.6 is 0 Å². The number of benzene rings is 3. The fourth-order valence-electron chi connectivity index (χ4n) is 4.43. The Labute approximate surface area is 233 Å². The maximum atomic E-state index is 13.0. The monoisotopic (exact) mass is 540 g/mol. The zero-order valence-electron chi connectivity index (χ0n) is 22.9. The molecule has 2 atom stereocenters. The lowest BCUT2D eigenvalue weighted by Gasteiger charge is -2.17. The first-order valence-electron chi connectivity index (χ1n) is 12.9. The molecule has 0 aliphatic heterocycles. The molecule has 0 aliphatic rings. The van der Waals surface area contributed by atoms with Crippen molar-refractivity contribution in [3.05, 3.63) is 107 Å². The van der Waals surface area contributed by atoms with Crippen LogP contribution in [0.4, 0.5) is 10.5 Å². The van der Waals surface area contributed by atoms with Crippen LogP contribution in [0.5, 0.6) is 0 Å². The number of esters is 1. The van der Waals surface area contributed by atoms with Crippen LogP contribution in [-0.4, -0.2) is 40.9 Å². The Morgan fingerprint density at radius 2 is 1.55 bits per heavy atom. The van der Waals surface area contributed by atoms with E-state index in [4.69, 9.17) is 9.47 Å². The van der Waals surface area contributed by atoms with Crippen molar-refractivity contribution < 1.29 is 23.9 Å². The number of nitrogens with zero attached hydrogens (tertiary/aromatic N) is 2. The zero-order chi connectivity index (χ0) is 28.6. The predicted molar refractivity (Wildman–Crippen MR) is 152 cm³/mol. The van der Waals surface area contributed by atoms with E-state index < -0.39 is 30.1 Å². The summed E-state index contributed by atoms with van der Waals surface area (Å²) in [4.78, 5) is 38.1. The van der Waals surface area contributed by atoms with E-state index in [1.54, 1.807) is 49.8 Å². The van der Waals surface area contributed by atoms with Crippen LogP contribution in [0.15, 0.2) is 84.9 Å². The van der Waals surface area contributed by atoms with Gasteiger partial charge in [-0.2, -0.15) is 5.10 Å². The van der Waals surface area contributed by atoms with Gasteiger partial charge in [-0.3, -0.25) is 14.8 Å². The number of hydrogen-bond acceptors (Lipinski definition) is 6. The number of ether oxygens (including phenoxy) is 2. The fourth-order valence-corrected chi connectivity index (χ4v) is 4.43. The number of methoxy groups -OCH3 is 1. The molecule has 0 bridgehead atoms. The highest BCUT2D eigenvalue weighted by Crippen LogP contribution is 2.31. The van der Waals surface area contributed by atoms with Gasteiger partial charge in [-0.1, -0.05) is 72.8 Å². The van der Waals surface area contributed by atoms with E-state index >= 15 is 0 Å². The van der Waals surface area contributed by atoms with Crippen molar-refractivity contribution in [2.45, 2.75) is 32.4 Å². The predicted octanol–water partition coefficient (Wildman–Crippen LogP) is 5.22. The number of hydrogen-bond donors (Lipinski definition) is 2. The Balaban J connectivity index is 1.48. The molecule has 0 saturated heterocycles. The van der Waals surface area contributed by atoms with Crippen molar-refractivity contribution in [2.75, 3.05) is 12.4 Å². The van der Waals surface area contributed by atoms with Gasteiger partial charge < -0.3 is 14.8 Å². The summed E-state index contributed by atoms with van der Waals surface area (Å²) in [6.45, 7) is 3.60. The number of aryl methyl sites for hydroxylation is 2. The molecule has 1 aromatic heterocycles. The number of rotatable bonds is 9. The average Bonchev–Trinajstić information content (AvgIpc) is 3.24. The van der Waals surface area contributed by atoms with E-state index in [2.05, 4.69) is 15.7 Å². The maximum absolute atomic E-state index is 13.0. The highest BCUT2D eigenvalue weighted by Gasteiger charge is 2.24. The normalized spacial score (nSPS) is 12.2. The molecule has 0 saturated carbocycles. The Bertz CT molecular complexity index is 1470. The summed E-state index contributed by atoms with van der Waals surface area (Å²) in [5.74, 6) is -0.931. The largest absolute Gasteiger partial charge is 0.467 e. The van der Waals surface area contributed by atoms with Crippen molar-refractivity contribution in [1.82, 2.24) is 15.1 Å². The third kappa shape index (κ3) is 6.74. The second kappa shape index (κ2) is 12.8. The standard InChI is InChI=1S/C31H32N4O5/c1-20-27(33-31(38)40-21(2)23-13-9-6-10-14-23)28(35(3)34-20)24-15-17-25(18-16-24)29(36)32-26(30(37)39-4)19-22-11-7-5-8-12-22/h5-18,21,26H,19H2,1-4H3,(H,32,36)(H,33,38)/t21-,26?/m1/s1. The summed E-state index contributed by atoms with van der Waals surface area (Å²) >= 11 is 0. The van der Waals surface area contributed by atoms with Crippen LogP contribution in [0.2, 0.25) is 0 Å². The average molecular weight is 541 g/mol. The van der Waals surface area contributed by atoms with Gasteiger partial charge in [0.05, 0.1) is 24.2 Å². The molecule has 1 heterocycles. The summed E-state index contributed by atoms with van der Waals surface area (Å²) in [6, 6.07) is 24.9. The number of carbonyl (C=O) groups excluding carboxylic acids is 3. The van der Waals surface area contributed by atoms with Crippen molar-refractivity contribution in [1.29, 1.82) is 0 Å². The number of anilines is 1. The van der Waals surface area contributed by atoms with Gasteiger partial charge >= 0.3 is 12.1 Å². The Morgan fingerprint density at radius 1 is 0.925 bits per heavy atom. The summed E-state index contributed by atoms with van der Waals surface area (Å²) in [5.41, 5.74) is 4.68. The lowest BCUT2D eigenvalue weighted by molar-refractivity contribution is -0.142. The summed E-state index contributed by atoms with van der Waals surface area (Å²) in [7, 11) is 3.07. The number of aromatic nitrogens is 2. The summed E-state index contributed by atoms with van der Waals surface area (Å²) in [6.07, 6.45) is -0.730. The van der Waals surface area contributed by atoms with Crippen LogP contribution in [0, 0.1) is 6.92 Å². The molecule has 0 fully saturated rings. The Hall–Kier alpha value is -4.92. The molecule has 4 aromatic rings. The molecule has 0 spiro atoms. The minimum Gasteiger partial charge on any atom is -0.467 e. The van der Waals surface area contributed by atoms with Crippen LogP contribution in [0.3, 0.4) is 0 Å². The van der Waals surface area contributed by atoms with Gasteiger partial charge in [-0.05, 0) is 37.1 Å². The van der Waals surface area contributed by atoms with Gasteiger partial charge in [0.25, 0.3) is 5.91 Å². The molecule has 40 heavy (non-hydrogen) atoms. The molecule has 2 N–H and O–H groups in total. The molecule has 3 aromatic carbocycles. The first-order valence-corrected chi connectivity index (χ1v) is 12.9. The van der Waals surface area contributed by atoms with Crippen molar-refractivity contribution >= 4 is 23.7 Å². The van der Waals surface area contributed by atoms with Crippen LogP contribution in [-0.2, 0) is 27.7 Å². The van der Waals surface area contributed by atoms with E-state index in [0.29, 0.717) is 29.1 Å². The smallest absolute Gasteiger partial charge is 0.412 e. The molecule has 9 heteroatoms. The molecular formula is C31H32N4O5. The summed E-state index contributed by atoms with van der Waals surface area (Å²) in [5, 5.41) is 10.1. The molecular weight excluding hydrogens is 508 g/mol. The van der Waals surface area contributed by atoms with Crippen LogP contribution in [0.25, 0.3) is 11.3 Å². The topological polar surface area (TPSA) is 112 Å². The minimum absolute atomic E-state index is 0.305. The van der Waals surface area contributed by atoms with Crippen LogP contribution in [0.1, 0.15) is 40.2 Å². The van der Waals surface area contributed by atoms with E-state index in [1.807, 2.05) is 60.7 Å². The lowest BCUT2D eigenvalue weighted by Crippen LogP contribution is -2.43. The van der Waals surface area contributed by atoms with Gasteiger partial charge in [0.1, 0.15) is 12.1 Å². The van der Waals surface area contributed by atoms with Gasteiger partial charge in [-0.15, -0.1) is 0 Å². The zero-order valence-corrected chi connectivity index (χ0v) is 22.9. The third-order valence-electron chi connectivity index (χ3n) is 6.50. The Morgan fingerprint density at radius 3 is 2.17 bits per heavy atom. The summed E-state index contributed by atoms with van der Waals surface area (Å²) < 4.78 is 12.1. The third-order valence-corrected chi connectivity index (χ3v) is 6.50. The fraction of sp³-hybridized carbons (Fsp3) is 0.226. The van der Waals surface area contributed by atoms with Crippen LogP contribution < -0.4 is 10.6 Å². The SMILES string of the molecule is COC(=O)C(Cc1ccccc1)NC(=O)c1ccc(-c2c(NC(=O)O[C@H](C)c3ccccc3)c(C)nn2C)cc1. The van der Waals surface area contributed by atoms with Crippen molar-refractivity contribution in [2.24, 2.45) is 7.05 Å². The van der Waals surface area contributed by atoms with Gasteiger partial charge in [0.2, 0.25) is 0 Å². The second-order valence-corrected chi connectivity index (χ2v) is 9.33. The van der Waals surface area contributed by atoms with Crippen molar-refractivity contribution in [3.63, 3.8) is 0 Å². The molecule has 0 radical (unpaired) electrons. The first-order chi connectivity index (χ1) is 19.3. The Kier molecular flexibility index (Phi) is 8.96. The molecule has 206 valence electrons. The second-order valence-electron chi connectivity index (χ2n) is 9.33. The van der Waals surface area contributed by atoms with Gasteiger partial charge in [0.15, 0.2) is 0 Å². The van der Waals surface area contributed by atoms with Crippen molar-refractivity contribution in [3.8, 4) is 11.3 Å². The first kappa shape index (κ1) is 28.1. The number of amides is 2. The van der Waals surface area contributed by atoms with Gasteiger partial charge in [-0.25, -0.2) is 9.59 Å². The highest BCUT2D eigenvalue weighted by atomic mass is 16.6. The molecule has 9 nitrogen and oxygen atoms in total. The highest BCUT2D eigenvalue weighted by molar-refractivity contribution is 5.98. The molecule has 2 amide bonds.